The molecule has 1 unspecified atom stereocenters. The standard InChI is InChI=1S/C16H30O2/c1-4-5-6-7-8-9-10-11-15(16(17)18)13-12-14(2)3/h7-8,14-15H,4-6,9-13H2,1-3H3,(H,17,18). The average molecular weight is 254 g/mol. The molecule has 0 aliphatic heterocycles. The largest absolute Gasteiger partial charge is 0.481 e. The van der Waals surface area contributed by atoms with Gasteiger partial charge in [0.15, 0.2) is 0 Å². The van der Waals surface area contributed by atoms with E-state index < -0.39 is 5.97 Å². The van der Waals surface area contributed by atoms with Crippen LogP contribution < -0.4 is 0 Å². The molecule has 0 aliphatic rings. The van der Waals surface area contributed by atoms with Gasteiger partial charge in [-0.2, -0.15) is 0 Å². The molecule has 0 saturated heterocycles. The van der Waals surface area contributed by atoms with Crippen molar-refractivity contribution in [1.29, 1.82) is 0 Å². The molecule has 0 saturated carbocycles. The highest BCUT2D eigenvalue weighted by Gasteiger charge is 2.16. The van der Waals surface area contributed by atoms with Crippen LogP contribution in [0.3, 0.4) is 0 Å². The highest BCUT2D eigenvalue weighted by atomic mass is 16.4. The van der Waals surface area contributed by atoms with Crippen LogP contribution in [0.15, 0.2) is 12.2 Å². The highest BCUT2D eigenvalue weighted by molar-refractivity contribution is 5.69. The summed E-state index contributed by atoms with van der Waals surface area (Å²) in [6, 6.07) is 0. The number of hydrogen-bond donors (Lipinski definition) is 1. The maximum Gasteiger partial charge on any atom is 0.306 e. The first-order chi connectivity index (χ1) is 8.57. The van der Waals surface area contributed by atoms with Gasteiger partial charge in [-0.25, -0.2) is 0 Å². The Morgan fingerprint density at radius 2 is 1.67 bits per heavy atom. The van der Waals surface area contributed by atoms with Gasteiger partial charge in [0.2, 0.25) is 0 Å². The number of rotatable bonds is 11. The molecule has 106 valence electrons. The van der Waals surface area contributed by atoms with Crippen molar-refractivity contribution < 1.29 is 9.90 Å². The molecule has 0 aromatic rings. The monoisotopic (exact) mass is 254 g/mol. The van der Waals surface area contributed by atoms with Gasteiger partial charge in [-0.3, -0.25) is 4.79 Å². The molecule has 0 fully saturated rings. The SMILES string of the molecule is CCCCC=CCCCC(CCC(C)C)C(=O)O. The fourth-order valence-electron chi connectivity index (χ4n) is 1.97. The molecule has 0 rings (SSSR count). The quantitative estimate of drug-likeness (QED) is 0.414. The molecule has 0 radical (unpaired) electrons. The normalized spacial score (nSPS) is 13.3. The molecule has 0 amide bonds. The van der Waals surface area contributed by atoms with Crippen molar-refractivity contribution in [3.05, 3.63) is 12.2 Å². The van der Waals surface area contributed by atoms with Gasteiger partial charge in [-0.05, 0) is 38.0 Å². The molecule has 0 aromatic heterocycles. The van der Waals surface area contributed by atoms with E-state index in [9.17, 15) is 4.79 Å². The van der Waals surface area contributed by atoms with E-state index in [2.05, 4.69) is 32.9 Å². The van der Waals surface area contributed by atoms with Crippen LogP contribution in [-0.4, -0.2) is 11.1 Å². The van der Waals surface area contributed by atoms with Crippen molar-refractivity contribution in [3.63, 3.8) is 0 Å². The number of carbonyl (C=O) groups is 1. The molecular formula is C16H30O2. The highest BCUT2D eigenvalue weighted by Crippen LogP contribution is 2.18. The molecule has 2 heteroatoms. The van der Waals surface area contributed by atoms with Crippen molar-refractivity contribution in [2.75, 3.05) is 0 Å². The van der Waals surface area contributed by atoms with Crippen molar-refractivity contribution in [2.24, 2.45) is 11.8 Å². The van der Waals surface area contributed by atoms with Gasteiger partial charge < -0.3 is 5.11 Å². The van der Waals surface area contributed by atoms with Crippen LogP contribution in [0.25, 0.3) is 0 Å². The second-order valence-electron chi connectivity index (χ2n) is 5.55. The Morgan fingerprint density at radius 1 is 1.06 bits per heavy atom. The Kier molecular flexibility index (Phi) is 10.8. The van der Waals surface area contributed by atoms with Crippen LogP contribution in [-0.2, 0) is 4.79 Å². The van der Waals surface area contributed by atoms with E-state index in [0.29, 0.717) is 5.92 Å². The van der Waals surface area contributed by atoms with E-state index in [-0.39, 0.29) is 5.92 Å². The van der Waals surface area contributed by atoms with Gasteiger partial charge in [-0.1, -0.05) is 52.2 Å². The second-order valence-corrected chi connectivity index (χ2v) is 5.55. The fourth-order valence-corrected chi connectivity index (χ4v) is 1.97. The molecule has 0 heterocycles. The molecule has 1 atom stereocenters. The number of hydrogen-bond acceptors (Lipinski definition) is 1. The third kappa shape index (κ3) is 10.4. The Morgan fingerprint density at radius 3 is 2.17 bits per heavy atom. The predicted molar refractivity (Wildman–Crippen MR) is 77.7 cm³/mol. The van der Waals surface area contributed by atoms with E-state index in [1.54, 1.807) is 0 Å². The van der Waals surface area contributed by atoms with E-state index in [4.69, 9.17) is 5.11 Å². The minimum absolute atomic E-state index is 0.142. The topological polar surface area (TPSA) is 37.3 Å². The zero-order valence-corrected chi connectivity index (χ0v) is 12.3. The lowest BCUT2D eigenvalue weighted by molar-refractivity contribution is -0.142. The summed E-state index contributed by atoms with van der Waals surface area (Å²) in [5.74, 6) is -0.164. The van der Waals surface area contributed by atoms with Crippen LogP contribution in [0.4, 0.5) is 0 Å². The first-order valence-electron chi connectivity index (χ1n) is 7.45. The third-order valence-corrected chi connectivity index (χ3v) is 3.26. The molecule has 0 aliphatic carbocycles. The predicted octanol–water partition coefficient (Wildman–Crippen LogP) is 5.04. The summed E-state index contributed by atoms with van der Waals surface area (Å²) in [7, 11) is 0. The zero-order chi connectivity index (χ0) is 13.8. The Labute approximate surface area is 112 Å². The zero-order valence-electron chi connectivity index (χ0n) is 12.3. The second kappa shape index (κ2) is 11.3. The molecule has 0 bridgehead atoms. The van der Waals surface area contributed by atoms with Crippen LogP contribution in [0.2, 0.25) is 0 Å². The van der Waals surface area contributed by atoms with Gasteiger partial charge in [0.25, 0.3) is 0 Å². The minimum atomic E-state index is -0.620. The maximum absolute atomic E-state index is 11.1. The lowest BCUT2D eigenvalue weighted by Gasteiger charge is -2.12. The summed E-state index contributed by atoms with van der Waals surface area (Å²) in [4.78, 5) is 11.1. The molecule has 2 nitrogen and oxygen atoms in total. The lowest BCUT2D eigenvalue weighted by Crippen LogP contribution is -2.14. The van der Waals surface area contributed by atoms with Crippen LogP contribution in [0.5, 0.6) is 0 Å². The number of carboxylic acid groups (broad SMARTS) is 1. The molecule has 18 heavy (non-hydrogen) atoms. The number of unbranched alkanes of at least 4 members (excludes halogenated alkanes) is 3. The fraction of sp³-hybridized carbons (Fsp3) is 0.812. The van der Waals surface area contributed by atoms with Crippen LogP contribution in [0, 0.1) is 11.8 Å². The van der Waals surface area contributed by atoms with Crippen molar-refractivity contribution in [3.8, 4) is 0 Å². The maximum atomic E-state index is 11.1. The summed E-state index contributed by atoms with van der Waals surface area (Å²) in [5.41, 5.74) is 0. The van der Waals surface area contributed by atoms with Gasteiger partial charge in [-0.15, -0.1) is 0 Å². The number of aliphatic carboxylic acids is 1. The summed E-state index contributed by atoms with van der Waals surface area (Å²) in [6.07, 6.45) is 12.8. The van der Waals surface area contributed by atoms with Crippen molar-refractivity contribution in [2.45, 2.75) is 72.1 Å². The molecule has 0 spiro atoms. The third-order valence-electron chi connectivity index (χ3n) is 3.26. The first-order valence-corrected chi connectivity index (χ1v) is 7.45. The molecular weight excluding hydrogens is 224 g/mol. The lowest BCUT2D eigenvalue weighted by atomic mass is 9.93. The van der Waals surface area contributed by atoms with Crippen LogP contribution >= 0.6 is 0 Å². The van der Waals surface area contributed by atoms with Gasteiger partial charge >= 0.3 is 5.97 Å². The summed E-state index contributed by atoms with van der Waals surface area (Å²) >= 11 is 0. The Bertz CT molecular complexity index is 231. The smallest absolute Gasteiger partial charge is 0.306 e. The Balaban J connectivity index is 3.70. The van der Waals surface area contributed by atoms with Gasteiger partial charge in [0.1, 0.15) is 0 Å². The molecule has 0 aromatic carbocycles. The summed E-state index contributed by atoms with van der Waals surface area (Å²) in [5, 5.41) is 9.14. The van der Waals surface area contributed by atoms with E-state index in [1.807, 2.05) is 0 Å². The van der Waals surface area contributed by atoms with E-state index in [0.717, 1.165) is 38.5 Å². The van der Waals surface area contributed by atoms with Gasteiger partial charge in [0.05, 0.1) is 5.92 Å². The number of carboxylic acids is 1. The van der Waals surface area contributed by atoms with Crippen molar-refractivity contribution >= 4 is 5.97 Å². The van der Waals surface area contributed by atoms with Gasteiger partial charge in [0, 0.05) is 0 Å². The summed E-state index contributed by atoms with van der Waals surface area (Å²) < 4.78 is 0. The van der Waals surface area contributed by atoms with E-state index in [1.165, 1.54) is 12.8 Å². The first kappa shape index (κ1) is 17.2. The summed E-state index contributed by atoms with van der Waals surface area (Å²) in [6.45, 7) is 6.49. The van der Waals surface area contributed by atoms with Crippen LogP contribution in [0.1, 0.15) is 72.1 Å². The number of allylic oxidation sites excluding steroid dienone is 2. The van der Waals surface area contributed by atoms with E-state index >= 15 is 0 Å². The average Bonchev–Trinajstić information content (AvgIpc) is 2.31. The molecule has 1 N–H and O–H groups in total. The van der Waals surface area contributed by atoms with Crippen molar-refractivity contribution in [1.82, 2.24) is 0 Å². The minimum Gasteiger partial charge on any atom is -0.481 e. The Hall–Kier alpha value is -0.790.